The fraction of sp³-hybridized carbons (Fsp3) is 0.240. The molecule has 1 spiro atoms. The summed E-state index contributed by atoms with van der Waals surface area (Å²) in [7, 11) is 3.26. The minimum atomic E-state index is -0.530. The highest BCUT2D eigenvalue weighted by molar-refractivity contribution is 6.10. The summed E-state index contributed by atoms with van der Waals surface area (Å²) in [5.74, 6) is 2.86. The molecule has 2 aromatic heterocycles. The van der Waals surface area contributed by atoms with Gasteiger partial charge in [-0.15, -0.1) is 0 Å². The van der Waals surface area contributed by atoms with Crippen LogP contribution in [0.2, 0.25) is 0 Å². The van der Waals surface area contributed by atoms with E-state index in [0.29, 0.717) is 17.4 Å². The molecular formula is C25H23N5O3. The van der Waals surface area contributed by atoms with Crippen molar-refractivity contribution in [2.24, 2.45) is 0 Å². The Balaban J connectivity index is 1.33. The summed E-state index contributed by atoms with van der Waals surface area (Å²) in [6, 6.07) is 15.7. The molecule has 1 aliphatic carbocycles. The van der Waals surface area contributed by atoms with Crippen LogP contribution < -0.4 is 20.1 Å². The van der Waals surface area contributed by atoms with Crippen molar-refractivity contribution in [1.82, 2.24) is 15.2 Å². The third-order valence-corrected chi connectivity index (χ3v) is 6.77. The van der Waals surface area contributed by atoms with Gasteiger partial charge in [0.05, 0.1) is 25.2 Å². The van der Waals surface area contributed by atoms with Gasteiger partial charge in [0.2, 0.25) is 5.91 Å². The molecule has 8 heteroatoms. The Hall–Kier alpha value is -4.07. The lowest BCUT2D eigenvalue weighted by atomic mass is 9.91. The Labute approximate surface area is 190 Å². The maximum Gasteiger partial charge on any atom is 0.235 e. The van der Waals surface area contributed by atoms with Gasteiger partial charge in [-0.3, -0.25) is 9.89 Å². The Kier molecular flexibility index (Phi) is 4.14. The zero-order chi connectivity index (χ0) is 22.7. The first kappa shape index (κ1) is 19.6. The molecule has 3 heterocycles. The largest absolute Gasteiger partial charge is 0.497 e. The highest BCUT2D eigenvalue weighted by Crippen LogP contribution is 2.65. The molecule has 33 heavy (non-hydrogen) atoms. The highest BCUT2D eigenvalue weighted by atomic mass is 16.5. The summed E-state index contributed by atoms with van der Waals surface area (Å²) >= 11 is 0. The summed E-state index contributed by atoms with van der Waals surface area (Å²) in [6.07, 6.45) is 0.772. The molecule has 3 N–H and O–H groups in total. The van der Waals surface area contributed by atoms with Crippen molar-refractivity contribution >= 4 is 34.1 Å². The third kappa shape index (κ3) is 2.87. The van der Waals surface area contributed by atoms with Gasteiger partial charge >= 0.3 is 0 Å². The van der Waals surface area contributed by atoms with E-state index in [1.807, 2.05) is 43.3 Å². The molecule has 166 valence electrons. The average Bonchev–Trinajstić information content (AvgIpc) is 3.38. The number of ether oxygens (including phenoxy) is 2. The topological polar surface area (TPSA) is 101 Å². The van der Waals surface area contributed by atoms with Crippen LogP contribution in [0.1, 0.15) is 29.2 Å². The monoisotopic (exact) mass is 441 g/mol. The molecule has 2 atom stereocenters. The number of aromatic amines is 1. The van der Waals surface area contributed by atoms with Gasteiger partial charge in [0.15, 0.2) is 17.4 Å². The molecule has 0 saturated heterocycles. The molecule has 0 unspecified atom stereocenters. The van der Waals surface area contributed by atoms with Crippen molar-refractivity contribution in [2.75, 3.05) is 24.9 Å². The van der Waals surface area contributed by atoms with E-state index in [0.717, 1.165) is 45.6 Å². The van der Waals surface area contributed by atoms with Gasteiger partial charge in [-0.25, -0.2) is 4.98 Å². The molecule has 1 amide bonds. The number of benzene rings is 2. The smallest absolute Gasteiger partial charge is 0.235 e. The highest BCUT2D eigenvalue weighted by Gasteiger charge is 2.65. The van der Waals surface area contributed by atoms with Gasteiger partial charge < -0.3 is 20.1 Å². The number of carbonyl (C=O) groups is 1. The number of rotatable bonds is 5. The van der Waals surface area contributed by atoms with Crippen molar-refractivity contribution in [3.8, 4) is 11.5 Å². The summed E-state index contributed by atoms with van der Waals surface area (Å²) in [6.45, 7) is 1.93. The first-order valence-electron chi connectivity index (χ1n) is 10.8. The van der Waals surface area contributed by atoms with E-state index in [-0.39, 0.29) is 11.8 Å². The maximum absolute atomic E-state index is 13.0. The number of amides is 1. The molecule has 1 saturated carbocycles. The maximum atomic E-state index is 13.0. The van der Waals surface area contributed by atoms with E-state index >= 15 is 0 Å². The minimum Gasteiger partial charge on any atom is -0.497 e. The van der Waals surface area contributed by atoms with E-state index in [1.54, 1.807) is 14.2 Å². The second kappa shape index (κ2) is 6.96. The summed E-state index contributed by atoms with van der Waals surface area (Å²) < 4.78 is 10.8. The van der Waals surface area contributed by atoms with Crippen molar-refractivity contribution < 1.29 is 14.3 Å². The van der Waals surface area contributed by atoms with Crippen molar-refractivity contribution in [3.63, 3.8) is 0 Å². The number of nitrogens with zero attached hydrogens (tertiary/aromatic N) is 2. The van der Waals surface area contributed by atoms with Gasteiger partial charge in [-0.1, -0.05) is 6.07 Å². The van der Waals surface area contributed by atoms with Crippen LogP contribution in [-0.2, 0) is 10.2 Å². The minimum absolute atomic E-state index is 0.0560. The lowest BCUT2D eigenvalue weighted by Gasteiger charge is -2.11. The summed E-state index contributed by atoms with van der Waals surface area (Å²) in [5, 5.41) is 14.8. The third-order valence-electron chi connectivity index (χ3n) is 6.77. The number of methoxy groups -OCH3 is 2. The molecule has 8 nitrogen and oxygen atoms in total. The lowest BCUT2D eigenvalue weighted by Crippen LogP contribution is -2.21. The lowest BCUT2D eigenvalue weighted by molar-refractivity contribution is -0.118. The van der Waals surface area contributed by atoms with Gasteiger partial charge in [-0.05, 0) is 66.9 Å². The summed E-state index contributed by atoms with van der Waals surface area (Å²) in [4.78, 5) is 17.5. The fourth-order valence-electron chi connectivity index (χ4n) is 4.96. The molecule has 2 aliphatic rings. The number of hydrogen-bond acceptors (Lipinski definition) is 6. The Bertz CT molecular complexity index is 1430. The van der Waals surface area contributed by atoms with Crippen LogP contribution in [-0.4, -0.2) is 35.3 Å². The number of pyridine rings is 1. The zero-order valence-electron chi connectivity index (χ0n) is 18.5. The molecule has 4 aromatic rings. The number of aryl methyl sites for hydroxylation is 1. The fourth-order valence-corrected chi connectivity index (χ4v) is 4.96. The van der Waals surface area contributed by atoms with Crippen LogP contribution in [0, 0.1) is 6.92 Å². The number of fused-ring (bicyclic) bond motifs is 3. The van der Waals surface area contributed by atoms with Crippen LogP contribution in [0.4, 0.5) is 17.3 Å². The number of anilines is 3. The van der Waals surface area contributed by atoms with E-state index in [2.05, 4.69) is 37.9 Å². The first-order chi connectivity index (χ1) is 16.0. The second-order valence-corrected chi connectivity index (χ2v) is 8.60. The molecule has 6 rings (SSSR count). The van der Waals surface area contributed by atoms with Crippen molar-refractivity contribution in [2.45, 2.75) is 24.7 Å². The number of carbonyl (C=O) groups excluding carboxylic acids is 1. The van der Waals surface area contributed by atoms with Gasteiger partial charge in [0.25, 0.3) is 0 Å². The molecule has 2 aromatic carbocycles. The normalized spacial score (nSPS) is 20.6. The molecule has 0 radical (unpaired) electrons. The van der Waals surface area contributed by atoms with Gasteiger partial charge in [0.1, 0.15) is 5.75 Å². The predicted octanol–water partition coefficient (Wildman–Crippen LogP) is 4.40. The number of H-pyrrole nitrogens is 1. The SMILES string of the molecule is COc1ccc2c(c1)[C@]1(C[C@H]1c1ccc3c(Nc4nc(C)ccc4OC)n[nH]c3c1)C(=O)N2. The molecule has 0 bridgehead atoms. The van der Waals surface area contributed by atoms with Crippen molar-refractivity contribution in [1.29, 1.82) is 0 Å². The van der Waals surface area contributed by atoms with Crippen LogP contribution >= 0.6 is 0 Å². The molecule has 1 fully saturated rings. The Morgan fingerprint density at radius 3 is 2.76 bits per heavy atom. The zero-order valence-corrected chi connectivity index (χ0v) is 18.5. The quantitative estimate of drug-likeness (QED) is 0.424. The molecule has 1 aliphatic heterocycles. The molecular weight excluding hydrogens is 418 g/mol. The van der Waals surface area contributed by atoms with Crippen LogP contribution in [0.25, 0.3) is 10.9 Å². The van der Waals surface area contributed by atoms with E-state index in [9.17, 15) is 4.79 Å². The van der Waals surface area contributed by atoms with Crippen molar-refractivity contribution in [3.05, 3.63) is 65.4 Å². The van der Waals surface area contributed by atoms with Gasteiger partial charge in [0, 0.05) is 22.7 Å². The first-order valence-corrected chi connectivity index (χ1v) is 10.8. The Morgan fingerprint density at radius 1 is 1.06 bits per heavy atom. The van der Waals surface area contributed by atoms with Crippen LogP contribution in [0.5, 0.6) is 11.5 Å². The van der Waals surface area contributed by atoms with Crippen LogP contribution in [0.15, 0.2) is 48.5 Å². The predicted molar refractivity (Wildman–Crippen MR) is 126 cm³/mol. The van der Waals surface area contributed by atoms with E-state index in [1.165, 1.54) is 0 Å². The van der Waals surface area contributed by atoms with Crippen LogP contribution in [0.3, 0.4) is 0 Å². The average molecular weight is 441 g/mol. The Morgan fingerprint density at radius 2 is 1.94 bits per heavy atom. The number of nitrogens with one attached hydrogen (secondary N) is 3. The number of aromatic nitrogens is 3. The standard InChI is InChI=1S/C25H23N5O3/c1-13-4-9-21(33-3)23(26-13)28-22-16-7-5-14(10-20(16)29-30-22)18-12-25(18)17-11-15(32-2)6-8-19(17)27-24(25)31/h4-11,18H,12H2,1-3H3,(H,27,31)(H2,26,28,29,30)/t18-,25-/m0/s1. The van der Waals surface area contributed by atoms with E-state index in [4.69, 9.17) is 9.47 Å². The summed E-state index contributed by atoms with van der Waals surface area (Å²) in [5.41, 5.74) is 4.24. The van der Waals surface area contributed by atoms with E-state index < -0.39 is 5.41 Å². The second-order valence-electron chi connectivity index (χ2n) is 8.60. The van der Waals surface area contributed by atoms with Gasteiger partial charge in [-0.2, -0.15) is 5.10 Å². The number of hydrogen-bond donors (Lipinski definition) is 3.